The lowest BCUT2D eigenvalue weighted by molar-refractivity contribution is -0.143. The van der Waals surface area contributed by atoms with Crippen LogP contribution in [0.3, 0.4) is 0 Å². The van der Waals surface area contributed by atoms with Crippen LogP contribution in [0.5, 0.6) is 5.75 Å². The minimum absolute atomic E-state index is 0.0436. The Morgan fingerprint density at radius 2 is 1.94 bits per heavy atom. The lowest BCUT2D eigenvalue weighted by atomic mass is 10.0. The van der Waals surface area contributed by atoms with Crippen LogP contribution in [-0.2, 0) is 23.9 Å². The first-order valence-electron chi connectivity index (χ1n) is 12.0. The molecule has 0 saturated carbocycles. The number of benzene rings is 1. The molecule has 2 atom stereocenters. The van der Waals surface area contributed by atoms with Gasteiger partial charge >= 0.3 is 0 Å². The molecule has 0 bridgehead atoms. The molecule has 1 aromatic carbocycles. The summed E-state index contributed by atoms with van der Waals surface area (Å²) < 4.78 is 16.1. The maximum absolute atomic E-state index is 13.5. The third-order valence-corrected chi connectivity index (χ3v) is 5.84. The Kier molecular flexibility index (Phi) is 10.7. The highest BCUT2D eigenvalue weighted by Gasteiger charge is 2.34. The van der Waals surface area contributed by atoms with Gasteiger partial charge in [0.25, 0.3) is 0 Å². The molecule has 0 unspecified atom stereocenters. The lowest BCUT2D eigenvalue weighted by Crippen LogP contribution is -2.47. The summed E-state index contributed by atoms with van der Waals surface area (Å²) in [4.78, 5) is 44.9. The van der Waals surface area contributed by atoms with E-state index in [4.69, 9.17) is 14.2 Å². The van der Waals surface area contributed by atoms with Crippen LogP contribution in [0.15, 0.2) is 48.7 Å². The molecule has 36 heavy (non-hydrogen) atoms. The van der Waals surface area contributed by atoms with E-state index in [9.17, 15) is 14.4 Å². The maximum Gasteiger partial charge on any atom is 0.247 e. The number of carbonyl (C=O) groups excluding carboxylic acids is 3. The fourth-order valence-corrected chi connectivity index (χ4v) is 4.00. The molecule has 2 aromatic rings. The quantitative estimate of drug-likeness (QED) is 0.407. The Labute approximate surface area is 211 Å². The summed E-state index contributed by atoms with van der Waals surface area (Å²) in [5, 5.41) is 5.54. The summed E-state index contributed by atoms with van der Waals surface area (Å²) in [5.41, 5.74) is 0.634. The molecule has 0 spiro atoms. The number of pyridine rings is 1. The Morgan fingerprint density at radius 1 is 1.14 bits per heavy atom. The van der Waals surface area contributed by atoms with Gasteiger partial charge in [-0.15, -0.1) is 0 Å². The van der Waals surface area contributed by atoms with Crippen molar-refractivity contribution in [2.24, 2.45) is 0 Å². The van der Waals surface area contributed by atoms with Crippen LogP contribution in [-0.4, -0.2) is 74.2 Å². The monoisotopic (exact) mass is 498 g/mol. The van der Waals surface area contributed by atoms with E-state index < -0.39 is 6.04 Å². The van der Waals surface area contributed by atoms with Crippen LogP contribution < -0.4 is 15.4 Å². The number of amides is 3. The van der Waals surface area contributed by atoms with Gasteiger partial charge in [0.05, 0.1) is 19.8 Å². The van der Waals surface area contributed by atoms with E-state index in [1.54, 1.807) is 62.9 Å². The zero-order valence-electron chi connectivity index (χ0n) is 20.8. The summed E-state index contributed by atoms with van der Waals surface area (Å²) in [6.07, 6.45) is 2.98. The van der Waals surface area contributed by atoms with Crippen LogP contribution >= 0.6 is 0 Å². The zero-order valence-corrected chi connectivity index (χ0v) is 20.8. The summed E-state index contributed by atoms with van der Waals surface area (Å²) in [5.74, 6) is 0.0795. The van der Waals surface area contributed by atoms with Gasteiger partial charge in [-0.25, -0.2) is 4.98 Å². The third-order valence-electron chi connectivity index (χ3n) is 5.84. The van der Waals surface area contributed by atoms with Crippen molar-refractivity contribution in [2.45, 2.75) is 37.8 Å². The van der Waals surface area contributed by atoms with Crippen LogP contribution in [0.2, 0.25) is 0 Å². The highest BCUT2D eigenvalue weighted by Crippen LogP contribution is 2.27. The number of anilines is 1. The molecule has 1 saturated heterocycles. The fourth-order valence-electron chi connectivity index (χ4n) is 4.00. The average Bonchev–Trinajstić information content (AvgIpc) is 3.41. The minimum Gasteiger partial charge on any atom is -0.497 e. The van der Waals surface area contributed by atoms with Gasteiger partial charge in [0.1, 0.15) is 17.6 Å². The van der Waals surface area contributed by atoms with Crippen LogP contribution in [0.25, 0.3) is 0 Å². The lowest BCUT2D eigenvalue weighted by Gasteiger charge is -2.33. The van der Waals surface area contributed by atoms with E-state index in [1.807, 2.05) is 0 Å². The van der Waals surface area contributed by atoms with Crippen molar-refractivity contribution in [1.82, 2.24) is 15.2 Å². The van der Waals surface area contributed by atoms with Gasteiger partial charge in [0.15, 0.2) is 0 Å². The SMILES string of the molecule is COCCNC(=O)[C@H](c1ccc(OC)cc1)N(C[C@@H]1CCCO1)C(=O)CCC(=O)Nc1ccccn1. The second kappa shape index (κ2) is 14.2. The smallest absolute Gasteiger partial charge is 0.247 e. The van der Waals surface area contributed by atoms with Gasteiger partial charge in [-0.05, 0) is 42.7 Å². The Morgan fingerprint density at radius 3 is 2.58 bits per heavy atom. The van der Waals surface area contributed by atoms with Crippen molar-refractivity contribution in [3.05, 3.63) is 54.2 Å². The van der Waals surface area contributed by atoms with Crippen LogP contribution in [0.4, 0.5) is 5.82 Å². The minimum atomic E-state index is -0.900. The van der Waals surface area contributed by atoms with E-state index in [1.165, 1.54) is 4.90 Å². The molecule has 3 rings (SSSR count). The predicted molar refractivity (Wildman–Crippen MR) is 133 cm³/mol. The van der Waals surface area contributed by atoms with Gasteiger partial charge in [-0.2, -0.15) is 0 Å². The highest BCUT2D eigenvalue weighted by molar-refractivity contribution is 5.94. The van der Waals surface area contributed by atoms with Gasteiger partial charge < -0.3 is 29.7 Å². The fraction of sp³-hybridized carbons (Fsp3) is 0.462. The molecule has 0 radical (unpaired) electrons. The van der Waals surface area contributed by atoms with Gasteiger partial charge in [0, 0.05) is 45.8 Å². The first-order chi connectivity index (χ1) is 17.5. The Bertz CT molecular complexity index is 980. The third kappa shape index (κ3) is 8.03. The number of rotatable bonds is 13. The van der Waals surface area contributed by atoms with Crippen molar-refractivity contribution in [1.29, 1.82) is 0 Å². The van der Waals surface area contributed by atoms with Crippen molar-refractivity contribution in [2.75, 3.05) is 45.8 Å². The molecule has 2 heterocycles. The van der Waals surface area contributed by atoms with E-state index >= 15 is 0 Å². The summed E-state index contributed by atoms with van der Waals surface area (Å²) in [6.45, 7) is 1.51. The Hall–Kier alpha value is -3.50. The van der Waals surface area contributed by atoms with Gasteiger partial charge in [0.2, 0.25) is 17.7 Å². The predicted octanol–water partition coefficient (Wildman–Crippen LogP) is 2.32. The van der Waals surface area contributed by atoms with Gasteiger partial charge in [-0.1, -0.05) is 18.2 Å². The standard InChI is InChI=1S/C26H34N4O6/c1-34-17-15-28-26(33)25(19-8-10-20(35-2)11-9-19)30(18-21-6-5-16-36-21)24(32)13-12-23(31)29-22-7-3-4-14-27-22/h3-4,7-11,14,21,25H,5-6,12-13,15-18H2,1-2H3,(H,28,33)(H,27,29,31)/t21-,25-/m0/s1. The number of methoxy groups -OCH3 is 2. The number of hydrogen-bond donors (Lipinski definition) is 2. The summed E-state index contributed by atoms with van der Waals surface area (Å²) in [7, 11) is 3.11. The van der Waals surface area contributed by atoms with Crippen LogP contribution in [0, 0.1) is 0 Å². The molecule has 10 nitrogen and oxygen atoms in total. The molecule has 1 aliphatic rings. The number of nitrogens with one attached hydrogen (secondary N) is 2. The normalized spacial score (nSPS) is 15.7. The second-order valence-electron chi connectivity index (χ2n) is 8.40. The molecular formula is C26H34N4O6. The highest BCUT2D eigenvalue weighted by atomic mass is 16.5. The molecule has 194 valence electrons. The van der Waals surface area contributed by atoms with Crippen molar-refractivity contribution < 1.29 is 28.6 Å². The van der Waals surface area contributed by atoms with E-state index in [0.29, 0.717) is 36.9 Å². The maximum atomic E-state index is 13.5. The molecule has 10 heteroatoms. The summed E-state index contributed by atoms with van der Waals surface area (Å²) >= 11 is 0. The topological polar surface area (TPSA) is 119 Å². The molecule has 1 fully saturated rings. The Balaban J connectivity index is 1.80. The van der Waals surface area contributed by atoms with E-state index in [0.717, 1.165) is 12.8 Å². The van der Waals surface area contributed by atoms with Gasteiger partial charge in [-0.3, -0.25) is 14.4 Å². The van der Waals surface area contributed by atoms with Crippen LogP contribution in [0.1, 0.15) is 37.3 Å². The molecule has 1 aromatic heterocycles. The number of nitrogens with zero attached hydrogens (tertiary/aromatic N) is 2. The first kappa shape index (κ1) is 27.1. The molecule has 0 aliphatic carbocycles. The molecular weight excluding hydrogens is 464 g/mol. The first-order valence-corrected chi connectivity index (χ1v) is 12.0. The number of carbonyl (C=O) groups is 3. The average molecular weight is 499 g/mol. The summed E-state index contributed by atoms with van der Waals surface area (Å²) in [6, 6.07) is 11.3. The molecule has 1 aliphatic heterocycles. The van der Waals surface area contributed by atoms with Crippen molar-refractivity contribution >= 4 is 23.5 Å². The molecule has 3 amide bonds. The van der Waals surface area contributed by atoms with Crippen molar-refractivity contribution in [3.63, 3.8) is 0 Å². The number of aromatic nitrogens is 1. The second-order valence-corrected chi connectivity index (χ2v) is 8.40. The van der Waals surface area contributed by atoms with Crippen molar-refractivity contribution in [3.8, 4) is 5.75 Å². The zero-order chi connectivity index (χ0) is 25.8. The molecule has 2 N–H and O–H groups in total. The number of ether oxygens (including phenoxy) is 3. The largest absolute Gasteiger partial charge is 0.497 e. The van der Waals surface area contributed by atoms with E-state index in [-0.39, 0.29) is 43.2 Å². The number of hydrogen-bond acceptors (Lipinski definition) is 7. The van der Waals surface area contributed by atoms with E-state index in [2.05, 4.69) is 15.6 Å².